The maximum absolute atomic E-state index is 14.2. The fraction of sp³-hybridized carbons (Fsp3) is 0.455. The Bertz CT molecular complexity index is 1800. The number of carbonyl (C=O) groups excluding carboxylic acids is 1. The number of benzene rings is 2. The molecule has 1 amide bonds. The summed E-state index contributed by atoms with van der Waals surface area (Å²) in [6.45, 7) is 13.3. The van der Waals surface area contributed by atoms with Gasteiger partial charge in [0, 0.05) is 28.5 Å². The molecule has 0 aliphatic heterocycles. The molecule has 6 rings (SSSR count). The molecule has 2 aromatic heterocycles. The first-order valence-electron chi connectivity index (χ1n) is 15.2. The number of aromatic nitrogens is 2. The zero-order chi connectivity index (χ0) is 31.5. The van der Waals surface area contributed by atoms with Crippen LogP contribution in [0.2, 0.25) is 18.1 Å². The van der Waals surface area contributed by atoms with Crippen molar-refractivity contribution in [2.24, 2.45) is 5.41 Å². The van der Waals surface area contributed by atoms with E-state index in [4.69, 9.17) is 13.7 Å². The lowest BCUT2D eigenvalue weighted by Crippen LogP contribution is -2.44. The summed E-state index contributed by atoms with van der Waals surface area (Å²) in [5, 5.41) is 7.73. The minimum absolute atomic E-state index is 0.00505. The molecule has 2 aliphatic rings. The van der Waals surface area contributed by atoms with E-state index in [1.54, 1.807) is 42.5 Å². The van der Waals surface area contributed by atoms with Crippen LogP contribution in [-0.2, 0) is 38.0 Å². The lowest BCUT2D eigenvalue weighted by atomic mass is 10.0. The van der Waals surface area contributed by atoms with Crippen molar-refractivity contribution >= 4 is 35.2 Å². The summed E-state index contributed by atoms with van der Waals surface area (Å²) < 4.78 is 48.2. The Balaban J connectivity index is 1.50. The van der Waals surface area contributed by atoms with Gasteiger partial charge in [0.05, 0.1) is 28.3 Å². The molecule has 0 saturated heterocycles. The minimum atomic E-state index is -4.02. The molecule has 2 fully saturated rings. The van der Waals surface area contributed by atoms with E-state index in [1.807, 2.05) is 19.1 Å². The smallest absolute Gasteiger partial charge is 0.268 e. The van der Waals surface area contributed by atoms with Crippen LogP contribution in [0.3, 0.4) is 0 Å². The first kappa shape index (κ1) is 30.6. The second kappa shape index (κ2) is 10.6. The molecule has 234 valence electrons. The third-order valence-electron chi connectivity index (χ3n) is 9.51. The summed E-state index contributed by atoms with van der Waals surface area (Å²) in [6, 6.07) is 15.8. The normalized spacial score (nSPS) is 17.4. The molecule has 2 aliphatic carbocycles. The monoisotopic (exact) mass is 635 g/mol. The van der Waals surface area contributed by atoms with Gasteiger partial charge in [0.2, 0.25) is 5.91 Å². The van der Waals surface area contributed by atoms with E-state index in [0.717, 1.165) is 36.6 Å². The number of ether oxygens (including phenoxy) is 1. The molecule has 11 heteroatoms. The molecule has 2 saturated carbocycles. The Hall–Kier alpha value is -3.41. The van der Waals surface area contributed by atoms with Crippen LogP contribution in [0, 0.1) is 5.41 Å². The van der Waals surface area contributed by atoms with E-state index >= 15 is 0 Å². The third kappa shape index (κ3) is 5.61. The number of carbonyl (C=O) groups is 1. The summed E-state index contributed by atoms with van der Waals surface area (Å²) in [5.41, 5.74) is 1.55. The van der Waals surface area contributed by atoms with Crippen LogP contribution in [0.25, 0.3) is 10.9 Å². The minimum Gasteiger partial charge on any atom is -0.487 e. The van der Waals surface area contributed by atoms with Crippen LogP contribution in [0.1, 0.15) is 70.3 Å². The van der Waals surface area contributed by atoms with Gasteiger partial charge in [-0.1, -0.05) is 51.1 Å². The molecule has 4 aromatic rings. The number of nitrogens with one attached hydrogen (secondary N) is 1. The highest BCUT2D eigenvalue weighted by Crippen LogP contribution is 2.57. The summed E-state index contributed by atoms with van der Waals surface area (Å²) in [4.78, 5) is 13.1. The molecule has 0 spiro atoms. The number of amides is 1. The van der Waals surface area contributed by atoms with Gasteiger partial charge in [0.25, 0.3) is 10.0 Å². The number of fused-ring (bicyclic) bond motifs is 1. The van der Waals surface area contributed by atoms with Gasteiger partial charge >= 0.3 is 0 Å². The molecular formula is C33H41N3O6SSi. The van der Waals surface area contributed by atoms with Gasteiger partial charge in [0.1, 0.15) is 24.3 Å². The highest BCUT2D eigenvalue weighted by molar-refractivity contribution is 7.90. The Kier molecular flexibility index (Phi) is 7.37. The molecule has 1 N–H and O–H groups in total. The molecule has 0 unspecified atom stereocenters. The van der Waals surface area contributed by atoms with Crippen LogP contribution in [0.5, 0.6) is 5.75 Å². The van der Waals surface area contributed by atoms with E-state index in [1.165, 1.54) is 10.2 Å². The Morgan fingerprint density at radius 2 is 1.77 bits per heavy atom. The lowest BCUT2D eigenvalue weighted by molar-refractivity contribution is -0.125. The predicted octanol–water partition coefficient (Wildman–Crippen LogP) is 6.87. The van der Waals surface area contributed by atoms with E-state index in [2.05, 4.69) is 44.3 Å². The van der Waals surface area contributed by atoms with Gasteiger partial charge < -0.3 is 19.0 Å². The summed E-state index contributed by atoms with van der Waals surface area (Å²) in [6.07, 6.45) is 4.84. The van der Waals surface area contributed by atoms with Crippen molar-refractivity contribution in [3.63, 3.8) is 0 Å². The van der Waals surface area contributed by atoms with Crippen LogP contribution < -0.4 is 10.1 Å². The van der Waals surface area contributed by atoms with Gasteiger partial charge in [-0.05, 0) is 68.1 Å². The molecular weight excluding hydrogens is 595 g/mol. The Morgan fingerprint density at radius 1 is 1.07 bits per heavy atom. The van der Waals surface area contributed by atoms with Gasteiger partial charge in [-0.2, -0.15) is 0 Å². The predicted molar refractivity (Wildman–Crippen MR) is 170 cm³/mol. The van der Waals surface area contributed by atoms with E-state index in [0.29, 0.717) is 22.7 Å². The fourth-order valence-corrected chi connectivity index (χ4v) is 8.45. The largest absolute Gasteiger partial charge is 0.487 e. The first-order chi connectivity index (χ1) is 20.7. The standard InChI is InChI=1S/C33H41N3O6SSi/c1-31(2,3)44(5,6)42-33(15-16-33)27-19-23-18-25(21-34-30(37)32(4)13-14-32)36(43(38,39)26-10-8-7-9-11-26)28(23)20-29(27)40-22-24-12-17-41-35-24/h7-12,17-20H,13-16,21-22H2,1-6H3,(H,34,37). The highest BCUT2D eigenvalue weighted by Gasteiger charge is 2.54. The lowest BCUT2D eigenvalue weighted by Gasteiger charge is -2.40. The third-order valence-corrected chi connectivity index (χ3v) is 15.8. The van der Waals surface area contributed by atoms with Crippen molar-refractivity contribution in [1.82, 2.24) is 14.4 Å². The molecule has 9 nitrogen and oxygen atoms in total. The van der Waals surface area contributed by atoms with Gasteiger partial charge in [0.15, 0.2) is 8.32 Å². The Labute approximate surface area is 260 Å². The van der Waals surface area contributed by atoms with Crippen LogP contribution >= 0.6 is 0 Å². The van der Waals surface area contributed by atoms with Crippen molar-refractivity contribution in [1.29, 1.82) is 0 Å². The zero-order valence-corrected chi connectivity index (χ0v) is 28.1. The second-order valence-corrected chi connectivity index (χ2v) is 20.5. The molecule has 2 aromatic carbocycles. The van der Waals surface area contributed by atoms with Crippen molar-refractivity contribution in [3.8, 4) is 5.75 Å². The molecule has 0 radical (unpaired) electrons. The summed E-state index contributed by atoms with van der Waals surface area (Å²) >= 11 is 0. The number of nitrogens with zero attached hydrogens (tertiary/aromatic N) is 2. The van der Waals surface area contributed by atoms with Crippen molar-refractivity contribution in [2.75, 3.05) is 0 Å². The van der Waals surface area contributed by atoms with E-state index in [-0.39, 0.29) is 34.4 Å². The summed E-state index contributed by atoms with van der Waals surface area (Å²) in [5.74, 6) is 0.476. The quantitative estimate of drug-likeness (QED) is 0.179. The highest BCUT2D eigenvalue weighted by atomic mass is 32.2. The maximum Gasteiger partial charge on any atom is 0.268 e. The van der Waals surface area contributed by atoms with Gasteiger partial charge in [-0.15, -0.1) is 0 Å². The average Bonchev–Trinajstić information content (AvgIpc) is 3.80. The van der Waals surface area contributed by atoms with Gasteiger partial charge in [-0.3, -0.25) is 4.79 Å². The van der Waals surface area contributed by atoms with Crippen LogP contribution in [-0.4, -0.2) is 31.8 Å². The van der Waals surface area contributed by atoms with Crippen molar-refractivity contribution in [2.45, 2.75) is 95.2 Å². The molecule has 44 heavy (non-hydrogen) atoms. The fourth-order valence-electron chi connectivity index (χ4n) is 5.29. The summed E-state index contributed by atoms with van der Waals surface area (Å²) in [7, 11) is -6.19. The molecule has 0 atom stereocenters. The Morgan fingerprint density at radius 3 is 2.36 bits per heavy atom. The topological polar surface area (TPSA) is 113 Å². The van der Waals surface area contributed by atoms with Crippen molar-refractivity contribution in [3.05, 3.63) is 77.8 Å². The van der Waals surface area contributed by atoms with E-state index < -0.39 is 23.9 Å². The van der Waals surface area contributed by atoms with Gasteiger partial charge in [-0.25, -0.2) is 12.4 Å². The maximum atomic E-state index is 14.2. The zero-order valence-electron chi connectivity index (χ0n) is 26.3. The number of hydrogen-bond acceptors (Lipinski definition) is 7. The van der Waals surface area contributed by atoms with E-state index in [9.17, 15) is 13.2 Å². The van der Waals surface area contributed by atoms with Crippen molar-refractivity contribution < 1.29 is 26.9 Å². The molecule has 0 bridgehead atoms. The van der Waals surface area contributed by atoms with Crippen LogP contribution in [0.15, 0.2) is 70.3 Å². The average molecular weight is 636 g/mol. The molecule has 2 heterocycles. The number of hydrogen-bond donors (Lipinski definition) is 1. The SMILES string of the molecule is CC1(C(=O)NCc2cc3cc(C4(O[Si](C)(C)C(C)(C)C)CC4)c(OCc4ccon4)cc3n2S(=O)(=O)c2ccccc2)CC1. The second-order valence-electron chi connectivity index (χ2n) is 14.0. The van der Waals surface area contributed by atoms with Crippen LogP contribution in [0.4, 0.5) is 0 Å². The first-order valence-corrected chi connectivity index (χ1v) is 19.5. The number of rotatable bonds is 11.